The van der Waals surface area contributed by atoms with E-state index in [-0.39, 0.29) is 12.1 Å². The van der Waals surface area contributed by atoms with Gasteiger partial charge in [-0.1, -0.05) is 11.6 Å². The fourth-order valence-corrected chi connectivity index (χ4v) is 1.57. The Morgan fingerprint density at radius 2 is 2.00 bits per heavy atom. The fourth-order valence-electron chi connectivity index (χ4n) is 1.44. The minimum atomic E-state index is -0.358. The molecule has 1 heterocycles. The van der Waals surface area contributed by atoms with Gasteiger partial charge < -0.3 is 0 Å². The summed E-state index contributed by atoms with van der Waals surface area (Å²) in [5, 5.41) is 14.1. The number of hydrogen-bond acceptors (Lipinski definition) is 4. The molecule has 17 heavy (non-hydrogen) atoms. The molecule has 1 aromatic carbocycles. The predicted molar refractivity (Wildman–Crippen MR) is 64.8 cm³/mol. The van der Waals surface area contributed by atoms with Crippen LogP contribution in [0.25, 0.3) is 0 Å². The van der Waals surface area contributed by atoms with E-state index in [9.17, 15) is 4.79 Å². The number of nitrogens with zero attached hydrogens (tertiary/aromatic N) is 4. The van der Waals surface area contributed by atoms with Gasteiger partial charge in [0.05, 0.1) is 0 Å². The van der Waals surface area contributed by atoms with Crippen LogP contribution in [0.5, 0.6) is 0 Å². The molecular weight excluding hydrogens is 240 g/mol. The highest BCUT2D eigenvalue weighted by atomic mass is 35.5. The van der Waals surface area contributed by atoms with Crippen molar-refractivity contribution in [2.45, 2.75) is 20.0 Å². The van der Waals surface area contributed by atoms with Crippen molar-refractivity contribution in [1.82, 2.24) is 5.01 Å². The van der Waals surface area contributed by atoms with Crippen LogP contribution in [0.2, 0.25) is 5.02 Å². The zero-order chi connectivity index (χ0) is 12.4. The SMILES string of the molecule is CC(=O)N1N=C(c2ccc(Cl)cc2)N=NC1C. The molecule has 0 fully saturated rings. The first-order valence-corrected chi connectivity index (χ1v) is 5.51. The van der Waals surface area contributed by atoms with E-state index in [1.807, 2.05) is 0 Å². The second-order valence-corrected chi connectivity index (χ2v) is 4.08. The smallest absolute Gasteiger partial charge is 0.241 e. The lowest BCUT2D eigenvalue weighted by Crippen LogP contribution is -2.34. The van der Waals surface area contributed by atoms with Gasteiger partial charge in [-0.2, -0.15) is 5.11 Å². The first kappa shape index (κ1) is 11.7. The van der Waals surface area contributed by atoms with Crippen molar-refractivity contribution in [2.75, 3.05) is 0 Å². The third-order valence-electron chi connectivity index (χ3n) is 2.30. The lowest BCUT2D eigenvalue weighted by atomic mass is 10.2. The molecule has 0 aromatic heterocycles. The maximum absolute atomic E-state index is 11.3. The molecular formula is C11H11ClN4O. The largest absolute Gasteiger partial charge is 0.273 e. The van der Waals surface area contributed by atoms with Gasteiger partial charge in [0, 0.05) is 17.5 Å². The highest BCUT2D eigenvalue weighted by Crippen LogP contribution is 2.16. The van der Waals surface area contributed by atoms with Crippen LogP contribution in [0.15, 0.2) is 39.6 Å². The van der Waals surface area contributed by atoms with Crippen molar-refractivity contribution >= 4 is 23.3 Å². The quantitative estimate of drug-likeness (QED) is 0.756. The number of amidine groups is 1. The molecule has 1 aliphatic heterocycles. The fraction of sp³-hybridized carbons (Fsp3) is 0.273. The number of halogens is 1. The molecule has 1 amide bonds. The van der Waals surface area contributed by atoms with Crippen LogP contribution in [0.3, 0.4) is 0 Å². The zero-order valence-corrected chi connectivity index (χ0v) is 10.2. The van der Waals surface area contributed by atoms with Gasteiger partial charge in [0.2, 0.25) is 11.7 Å². The van der Waals surface area contributed by atoms with Crippen LogP contribution in [0, 0.1) is 0 Å². The first-order chi connectivity index (χ1) is 8.08. The first-order valence-electron chi connectivity index (χ1n) is 5.13. The van der Waals surface area contributed by atoms with E-state index in [1.165, 1.54) is 11.9 Å². The standard InChI is InChI=1S/C11H11ClN4O/c1-7-13-14-11(15-16(7)8(2)17)9-3-5-10(12)6-4-9/h3-7H,1-2H3. The molecule has 0 radical (unpaired) electrons. The van der Waals surface area contributed by atoms with E-state index >= 15 is 0 Å². The van der Waals surface area contributed by atoms with Gasteiger partial charge in [0.25, 0.3) is 0 Å². The van der Waals surface area contributed by atoms with Crippen molar-refractivity contribution < 1.29 is 4.79 Å². The van der Waals surface area contributed by atoms with Gasteiger partial charge in [-0.3, -0.25) is 4.79 Å². The Labute approximate surface area is 104 Å². The van der Waals surface area contributed by atoms with Crippen molar-refractivity contribution in [1.29, 1.82) is 0 Å². The Morgan fingerprint density at radius 3 is 2.59 bits per heavy atom. The van der Waals surface area contributed by atoms with E-state index in [0.29, 0.717) is 10.9 Å². The number of azo groups is 1. The van der Waals surface area contributed by atoms with Gasteiger partial charge in [-0.25, -0.2) is 5.01 Å². The summed E-state index contributed by atoms with van der Waals surface area (Å²) in [6.45, 7) is 3.20. The molecule has 0 N–H and O–H groups in total. The summed E-state index contributed by atoms with van der Waals surface area (Å²) < 4.78 is 0. The number of amides is 1. The van der Waals surface area contributed by atoms with Crippen LogP contribution in [-0.2, 0) is 4.79 Å². The summed E-state index contributed by atoms with van der Waals surface area (Å²) in [4.78, 5) is 11.3. The number of carbonyl (C=O) groups is 1. The zero-order valence-electron chi connectivity index (χ0n) is 9.46. The Hall–Kier alpha value is -1.75. The average molecular weight is 251 g/mol. The summed E-state index contributed by atoms with van der Waals surface area (Å²) in [5.74, 6) is 0.248. The third kappa shape index (κ3) is 2.50. The Bertz CT molecular complexity index is 495. The van der Waals surface area contributed by atoms with E-state index in [4.69, 9.17) is 11.6 Å². The number of hydrazone groups is 1. The summed E-state index contributed by atoms with van der Waals surface area (Å²) in [6, 6.07) is 7.05. The topological polar surface area (TPSA) is 57.4 Å². The third-order valence-corrected chi connectivity index (χ3v) is 2.55. The monoisotopic (exact) mass is 250 g/mol. The van der Waals surface area contributed by atoms with Crippen molar-refractivity contribution in [3.8, 4) is 0 Å². The molecule has 5 nitrogen and oxygen atoms in total. The van der Waals surface area contributed by atoms with E-state index in [2.05, 4.69) is 15.3 Å². The number of rotatable bonds is 1. The Balaban J connectivity index is 2.33. The molecule has 1 atom stereocenters. The molecule has 0 bridgehead atoms. The van der Waals surface area contributed by atoms with Crippen LogP contribution in [0.4, 0.5) is 0 Å². The highest BCUT2D eigenvalue weighted by molar-refractivity contribution is 6.30. The van der Waals surface area contributed by atoms with Gasteiger partial charge in [0.15, 0.2) is 6.17 Å². The normalized spacial score (nSPS) is 19.1. The van der Waals surface area contributed by atoms with Crippen molar-refractivity contribution in [3.63, 3.8) is 0 Å². The minimum Gasteiger partial charge on any atom is -0.273 e. The summed E-state index contributed by atoms with van der Waals surface area (Å²) >= 11 is 5.79. The molecule has 0 saturated carbocycles. The lowest BCUT2D eigenvalue weighted by molar-refractivity contribution is -0.131. The Morgan fingerprint density at radius 1 is 1.35 bits per heavy atom. The van der Waals surface area contributed by atoms with Crippen LogP contribution in [0.1, 0.15) is 19.4 Å². The Kier molecular flexibility index (Phi) is 3.19. The molecule has 88 valence electrons. The number of carbonyl (C=O) groups excluding carboxylic acids is 1. The summed E-state index contributed by atoms with van der Waals surface area (Å²) in [6.07, 6.45) is -0.358. The lowest BCUT2D eigenvalue weighted by Gasteiger charge is -2.22. The molecule has 1 aliphatic rings. The van der Waals surface area contributed by atoms with E-state index in [1.54, 1.807) is 31.2 Å². The molecule has 6 heteroatoms. The maximum atomic E-state index is 11.3. The predicted octanol–water partition coefficient (Wildman–Crippen LogP) is 2.66. The highest BCUT2D eigenvalue weighted by Gasteiger charge is 2.21. The van der Waals surface area contributed by atoms with Crippen molar-refractivity contribution in [2.24, 2.45) is 15.3 Å². The second-order valence-electron chi connectivity index (χ2n) is 3.64. The van der Waals surface area contributed by atoms with Crippen molar-refractivity contribution in [3.05, 3.63) is 34.9 Å². The average Bonchev–Trinajstić information content (AvgIpc) is 2.30. The van der Waals surface area contributed by atoms with Crippen LogP contribution >= 0.6 is 11.6 Å². The van der Waals surface area contributed by atoms with Gasteiger partial charge in [-0.05, 0) is 31.2 Å². The minimum absolute atomic E-state index is 0.164. The summed E-state index contributed by atoms with van der Waals surface area (Å²) in [5.41, 5.74) is 0.774. The molecule has 0 spiro atoms. The molecule has 2 rings (SSSR count). The summed E-state index contributed by atoms with van der Waals surface area (Å²) in [7, 11) is 0. The van der Waals surface area contributed by atoms with Crippen LogP contribution in [-0.4, -0.2) is 22.9 Å². The molecule has 1 unspecified atom stereocenters. The van der Waals surface area contributed by atoms with Gasteiger partial charge >= 0.3 is 0 Å². The van der Waals surface area contributed by atoms with E-state index in [0.717, 1.165) is 5.56 Å². The molecule has 1 aromatic rings. The molecule has 0 aliphatic carbocycles. The van der Waals surface area contributed by atoms with E-state index < -0.39 is 0 Å². The van der Waals surface area contributed by atoms with Gasteiger partial charge in [-0.15, -0.1) is 10.2 Å². The second kappa shape index (κ2) is 4.63. The molecule has 0 saturated heterocycles. The number of benzene rings is 1. The van der Waals surface area contributed by atoms with Crippen LogP contribution < -0.4 is 0 Å². The van der Waals surface area contributed by atoms with Gasteiger partial charge in [0.1, 0.15) is 0 Å². The maximum Gasteiger partial charge on any atom is 0.241 e. The number of hydrogen-bond donors (Lipinski definition) is 0.